The van der Waals surface area contributed by atoms with Gasteiger partial charge in [-0.25, -0.2) is 0 Å². The lowest BCUT2D eigenvalue weighted by atomic mass is 9.80. The Morgan fingerprint density at radius 1 is 1.19 bits per heavy atom. The fourth-order valence-corrected chi connectivity index (χ4v) is 3.32. The second kappa shape index (κ2) is 6.19. The molecule has 3 heterocycles. The van der Waals surface area contributed by atoms with E-state index >= 15 is 0 Å². The largest absolute Gasteiger partial charge is 0.416 e. The van der Waals surface area contributed by atoms with Gasteiger partial charge >= 0.3 is 6.18 Å². The van der Waals surface area contributed by atoms with Gasteiger partial charge in [0.1, 0.15) is 5.56 Å². The van der Waals surface area contributed by atoms with Crippen LogP contribution in [0.5, 0.6) is 0 Å². The lowest BCUT2D eigenvalue weighted by Gasteiger charge is -2.30. The van der Waals surface area contributed by atoms with Crippen LogP contribution in [0.4, 0.5) is 13.2 Å². The summed E-state index contributed by atoms with van der Waals surface area (Å²) in [7, 11) is 0. The molecule has 0 unspecified atom stereocenters. The molecule has 4 rings (SSSR count). The second-order valence-corrected chi connectivity index (χ2v) is 7.05. The first kappa shape index (κ1) is 17.7. The molecule has 1 aliphatic heterocycles. The predicted molar refractivity (Wildman–Crippen MR) is 92.3 cm³/mol. The summed E-state index contributed by atoms with van der Waals surface area (Å²) in [6.07, 6.45) is -2.78. The summed E-state index contributed by atoms with van der Waals surface area (Å²) >= 11 is 0. The first-order valence-electron chi connectivity index (χ1n) is 8.56. The zero-order valence-corrected chi connectivity index (χ0v) is 14.5. The van der Waals surface area contributed by atoms with Crippen molar-refractivity contribution >= 4 is 10.9 Å². The minimum atomic E-state index is -4.48. The predicted octanol–water partition coefficient (Wildman–Crippen LogP) is 3.24. The van der Waals surface area contributed by atoms with Crippen molar-refractivity contribution in [1.82, 2.24) is 20.4 Å². The summed E-state index contributed by atoms with van der Waals surface area (Å²) in [4.78, 5) is 19.3. The molecule has 0 amide bonds. The highest BCUT2D eigenvalue weighted by atomic mass is 19.4. The van der Waals surface area contributed by atoms with Gasteiger partial charge in [0.2, 0.25) is 0 Å². The average molecular weight is 378 g/mol. The van der Waals surface area contributed by atoms with Gasteiger partial charge in [0.15, 0.2) is 5.82 Å². The van der Waals surface area contributed by atoms with Crippen LogP contribution in [0.3, 0.4) is 0 Å². The number of piperidine rings is 1. The normalized spacial score (nSPS) is 17.3. The number of fused-ring (bicyclic) bond motifs is 1. The topological polar surface area (TPSA) is 83.8 Å². The number of pyridine rings is 1. The summed E-state index contributed by atoms with van der Waals surface area (Å²) < 4.78 is 43.8. The van der Waals surface area contributed by atoms with Crippen molar-refractivity contribution in [2.24, 2.45) is 0 Å². The lowest BCUT2D eigenvalue weighted by Crippen LogP contribution is -2.38. The molecule has 0 saturated carbocycles. The van der Waals surface area contributed by atoms with Crippen LogP contribution < -0.4 is 10.9 Å². The van der Waals surface area contributed by atoms with Crippen molar-refractivity contribution in [3.8, 4) is 11.5 Å². The Morgan fingerprint density at radius 2 is 1.93 bits per heavy atom. The zero-order chi connectivity index (χ0) is 19.2. The maximum Gasteiger partial charge on any atom is 0.416 e. The third-order valence-corrected chi connectivity index (χ3v) is 5.08. The maximum atomic E-state index is 12.8. The van der Waals surface area contributed by atoms with E-state index in [2.05, 4.69) is 20.4 Å². The fourth-order valence-electron chi connectivity index (χ4n) is 3.32. The Balaban J connectivity index is 1.74. The Morgan fingerprint density at radius 3 is 2.63 bits per heavy atom. The van der Waals surface area contributed by atoms with Crippen molar-refractivity contribution in [1.29, 1.82) is 0 Å². The quantitative estimate of drug-likeness (QED) is 0.715. The molecule has 0 radical (unpaired) electrons. The highest BCUT2D eigenvalue weighted by molar-refractivity contribution is 5.82. The van der Waals surface area contributed by atoms with E-state index in [0.717, 1.165) is 38.1 Å². The fraction of sp³-hybridized carbons (Fsp3) is 0.389. The van der Waals surface area contributed by atoms with Gasteiger partial charge in [-0.2, -0.15) is 18.2 Å². The van der Waals surface area contributed by atoms with Crippen LogP contribution in [0.15, 0.2) is 33.6 Å². The molecule has 0 spiro atoms. The number of alkyl halides is 3. The van der Waals surface area contributed by atoms with Crippen molar-refractivity contribution in [2.45, 2.75) is 31.4 Å². The second-order valence-electron chi connectivity index (χ2n) is 7.05. The molecule has 0 bridgehead atoms. The maximum absolute atomic E-state index is 12.8. The smallest absolute Gasteiger partial charge is 0.334 e. The highest BCUT2D eigenvalue weighted by Crippen LogP contribution is 2.33. The summed E-state index contributed by atoms with van der Waals surface area (Å²) in [5.41, 5.74) is -1.40. The first-order valence-corrected chi connectivity index (χ1v) is 8.56. The van der Waals surface area contributed by atoms with Crippen LogP contribution in [-0.4, -0.2) is 28.2 Å². The number of aromatic nitrogens is 3. The number of hydrogen-bond donors (Lipinski definition) is 2. The number of H-pyrrole nitrogens is 1. The van der Waals surface area contributed by atoms with E-state index in [4.69, 9.17) is 4.52 Å². The van der Waals surface area contributed by atoms with E-state index < -0.39 is 17.3 Å². The summed E-state index contributed by atoms with van der Waals surface area (Å²) in [6.45, 7) is 3.74. The minimum Gasteiger partial charge on any atom is -0.334 e. The molecular weight excluding hydrogens is 361 g/mol. The molecule has 1 saturated heterocycles. The summed E-state index contributed by atoms with van der Waals surface area (Å²) in [5, 5.41) is 7.76. The van der Waals surface area contributed by atoms with Crippen molar-refractivity contribution in [3.05, 3.63) is 46.0 Å². The van der Waals surface area contributed by atoms with Crippen LogP contribution in [0.1, 0.15) is 31.2 Å². The molecule has 1 fully saturated rings. The van der Waals surface area contributed by atoms with E-state index in [0.29, 0.717) is 11.2 Å². The van der Waals surface area contributed by atoms with E-state index in [1.54, 1.807) is 0 Å². The Bertz CT molecular complexity index is 1050. The van der Waals surface area contributed by atoms with Crippen LogP contribution in [0.25, 0.3) is 22.4 Å². The first-order chi connectivity index (χ1) is 12.8. The van der Waals surface area contributed by atoms with Crippen LogP contribution in [-0.2, 0) is 11.6 Å². The Labute approximate surface area is 151 Å². The van der Waals surface area contributed by atoms with E-state index in [1.165, 1.54) is 12.1 Å². The molecule has 142 valence electrons. The van der Waals surface area contributed by atoms with Gasteiger partial charge in [-0.1, -0.05) is 18.1 Å². The monoisotopic (exact) mass is 378 g/mol. The molecule has 3 aromatic rings. The van der Waals surface area contributed by atoms with E-state index in [9.17, 15) is 18.0 Å². The van der Waals surface area contributed by atoms with E-state index in [1.807, 2.05) is 6.92 Å². The van der Waals surface area contributed by atoms with Gasteiger partial charge in [-0.3, -0.25) is 4.79 Å². The molecule has 1 aliphatic rings. The minimum absolute atomic E-state index is 0.0628. The van der Waals surface area contributed by atoms with Gasteiger partial charge in [-0.05, 0) is 49.5 Å². The molecule has 1 aromatic carbocycles. The van der Waals surface area contributed by atoms with Crippen LogP contribution in [0.2, 0.25) is 0 Å². The molecule has 0 atom stereocenters. The number of halogens is 3. The van der Waals surface area contributed by atoms with Crippen molar-refractivity contribution in [3.63, 3.8) is 0 Å². The third-order valence-electron chi connectivity index (χ3n) is 5.08. The SMILES string of the molecule is CC1(c2noc(-c3cc4ccc(C(F)(F)F)cc4[nH]c3=O)n2)CCNCC1. The lowest BCUT2D eigenvalue weighted by molar-refractivity contribution is -0.137. The Hall–Kier alpha value is -2.68. The molecule has 2 N–H and O–H groups in total. The molecule has 2 aromatic heterocycles. The van der Waals surface area contributed by atoms with Gasteiger partial charge in [0.05, 0.1) is 5.56 Å². The highest BCUT2D eigenvalue weighted by Gasteiger charge is 2.34. The molecule has 9 heteroatoms. The average Bonchev–Trinajstić information content (AvgIpc) is 3.11. The summed E-state index contributed by atoms with van der Waals surface area (Å²) in [6, 6.07) is 4.66. The van der Waals surface area contributed by atoms with Crippen molar-refractivity contribution < 1.29 is 17.7 Å². The molecule has 0 aliphatic carbocycles. The van der Waals surface area contributed by atoms with E-state index in [-0.39, 0.29) is 22.4 Å². The zero-order valence-electron chi connectivity index (χ0n) is 14.5. The Kier molecular flexibility index (Phi) is 4.06. The number of aromatic amines is 1. The van der Waals surface area contributed by atoms with Crippen molar-refractivity contribution in [2.75, 3.05) is 13.1 Å². The van der Waals surface area contributed by atoms with Gasteiger partial charge < -0.3 is 14.8 Å². The van der Waals surface area contributed by atoms with Crippen LogP contribution in [0, 0.1) is 0 Å². The molecule has 6 nitrogen and oxygen atoms in total. The van der Waals surface area contributed by atoms with Crippen LogP contribution >= 0.6 is 0 Å². The third kappa shape index (κ3) is 3.23. The van der Waals surface area contributed by atoms with Gasteiger partial charge in [-0.15, -0.1) is 0 Å². The number of benzene rings is 1. The number of rotatable bonds is 2. The standard InChI is InChI=1S/C18H17F3N4O2/c1-17(4-6-22-7-5-17)16-24-15(27-25-16)12-8-10-2-3-11(18(19,20)21)9-13(10)23-14(12)26/h2-3,8-9,22H,4-7H2,1H3,(H,23,26). The molecule has 27 heavy (non-hydrogen) atoms. The number of nitrogens with one attached hydrogen (secondary N) is 2. The van der Waals surface area contributed by atoms with Gasteiger partial charge in [0.25, 0.3) is 11.4 Å². The summed E-state index contributed by atoms with van der Waals surface area (Å²) in [5.74, 6) is 0.596. The number of hydrogen-bond acceptors (Lipinski definition) is 5. The molecular formula is C18H17F3N4O2. The van der Waals surface area contributed by atoms with Gasteiger partial charge in [0, 0.05) is 10.9 Å². The number of nitrogens with zero attached hydrogens (tertiary/aromatic N) is 2.